The summed E-state index contributed by atoms with van der Waals surface area (Å²) in [5.74, 6) is 0.748. The minimum atomic E-state index is 0.505. The third-order valence-electron chi connectivity index (χ3n) is 2.88. The molecule has 3 nitrogen and oxygen atoms in total. The number of piperidine rings is 1. The molecule has 1 saturated heterocycles. The summed E-state index contributed by atoms with van der Waals surface area (Å²) in [5.41, 5.74) is 1.64. The van der Waals surface area contributed by atoms with E-state index in [9.17, 15) is 0 Å². The fourth-order valence-electron chi connectivity index (χ4n) is 2.10. The Morgan fingerprint density at radius 1 is 1.60 bits per heavy atom. The van der Waals surface area contributed by atoms with Crippen LogP contribution in [0.4, 0.5) is 5.69 Å². The summed E-state index contributed by atoms with van der Waals surface area (Å²) in [5, 5.41) is 8.78. The van der Waals surface area contributed by atoms with Crippen molar-refractivity contribution in [1.82, 2.24) is 4.98 Å². The van der Waals surface area contributed by atoms with E-state index in [4.69, 9.17) is 5.26 Å². The molecule has 0 amide bonds. The number of hydrogen-bond acceptors (Lipinski definition) is 3. The molecule has 0 radical (unpaired) electrons. The van der Waals surface area contributed by atoms with Crippen molar-refractivity contribution in [2.24, 2.45) is 5.92 Å². The highest BCUT2D eigenvalue weighted by atomic mass is 15.1. The maximum absolute atomic E-state index is 8.78. The normalized spacial score (nSPS) is 21.1. The van der Waals surface area contributed by atoms with Crippen LogP contribution in [0.2, 0.25) is 0 Å². The second kappa shape index (κ2) is 4.31. The summed E-state index contributed by atoms with van der Waals surface area (Å²) in [7, 11) is 0. The van der Waals surface area contributed by atoms with Gasteiger partial charge in [-0.25, -0.2) is 4.98 Å². The van der Waals surface area contributed by atoms with Gasteiger partial charge in [-0.2, -0.15) is 5.26 Å². The van der Waals surface area contributed by atoms with Crippen molar-refractivity contribution in [2.45, 2.75) is 19.8 Å². The third-order valence-corrected chi connectivity index (χ3v) is 2.88. The number of hydrogen-bond donors (Lipinski definition) is 0. The molecule has 1 aromatic heterocycles. The highest BCUT2D eigenvalue weighted by Crippen LogP contribution is 2.22. The molecule has 0 spiro atoms. The van der Waals surface area contributed by atoms with Crippen molar-refractivity contribution in [2.75, 3.05) is 18.0 Å². The van der Waals surface area contributed by atoms with Gasteiger partial charge in [-0.1, -0.05) is 6.92 Å². The molecule has 1 aliphatic heterocycles. The Kier molecular flexibility index (Phi) is 2.86. The van der Waals surface area contributed by atoms with Crippen LogP contribution in [0.25, 0.3) is 0 Å². The number of nitriles is 1. The van der Waals surface area contributed by atoms with Crippen LogP contribution < -0.4 is 4.90 Å². The molecule has 0 bridgehead atoms. The smallest absolute Gasteiger partial charge is 0.142 e. The lowest BCUT2D eigenvalue weighted by Crippen LogP contribution is -2.34. The highest BCUT2D eigenvalue weighted by Gasteiger charge is 2.16. The molecule has 78 valence electrons. The van der Waals surface area contributed by atoms with E-state index in [2.05, 4.69) is 22.9 Å². The summed E-state index contributed by atoms with van der Waals surface area (Å²) in [6.07, 6.45) is 4.27. The van der Waals surface area contributed by atoms with Crippen molar-refractivity contribution in [3.05, 3.63) is 24.0 Å². The summed E-state index contributed by atoms with van der Waals surface area (Å²) < 4.78 is 0. The van der Waals surface area contributed by atoms with Crippen LogP contribution in [-0.4, -0.2) is 18.1 Å². The van der Waals surface area contributed by atoms with Crippen molar-refractivity contribution >= 4 is 5.69 Å². The lowest BCUT2D eigenvalue weighted by Gasteiger charge is -2.32. The van der Waals surface area contributed by atoms with Crippen LogP contribution in [0.1, 0.15) is 25.5 Å². The molecule has 0 aromatic carbocycles. The number of anilines is 1. The summed E-state index contributed by atoms with van der Waals surface area (Å²) >= 11 is 0. The second-order valence-electron chi connectivity index (χ2n) is 4.20. The van der Waals surface area contributed by atoms with Gasteiger partial charge >= 0.3 is 0 Å². The van der Waals surface area contributed by atoms with Gasteiger partial charge in [-0.15, -0.1) is 0 Å². The number of pyridine rings is 1. The monoisotopic (exact) mass is 201 g/mol. The number of aromatic nitrogens is 1. The molecule has 1 fully saturated rings. The Hall–Kier alpha value is -1.56. The zero-order chi connectivity index (χ0) is 10.7. The van der Waals surface area contributed by atoms with E-state index in [1.165, 1.54) is 12.8 Å². The topological polar surface area (TPSA) is 39.9 Å². The first kappa shape index (κ1) is 9.97. The molecule has 1 aliphatic rings. The quantitative estimate of drug-likeness (QED) is 0.699. The van der Waals surface area contributed by atoms with Gasteiger partial charge in [0.2, 0.25) is 0 Å². The Bertz CT molecular complexity index is 381. The van der Waals surface area contributed by atoms with Crippen molar-refractivity contribution < 1.29 is 0 Å². The van der Waals surface area contributed by atoms with E-state index in [1.807, 2.05) is 12.1 Å². The van der Waals surface area contributed by atoms with Gasteiger partial charge in [0, 0.05) is 25.0 Å². The van der Waals surface area contributed by atoms with Gasteiger partial charge in [-0.05, 0) is 30.9 Å². The van der Waals surface area contributed by atoms with Gasteiger partial charge in [0.25, 0.3) is 0 Å². The summed E-state index contributed by atoms with van der Waals surface area (Å²) in [4.78, 5) is 6.33. The van der Waals surface area contributed by atoms with E-state index in [0.29, 0.717) is 5.69 Å². The predicted molar refractivity (Wildman–Crippen MR) is 59.6 cm³/mol. The standard InChI is InChI=1S/C12H15N3/c1-10-3-2-6-15(9-10)12-4-5-14-11(7-12)8-13/h4-5,7,10H,2-3,6,9H2,1H3. The van der Waals surface area contributed by atoms with E-state index >= 15 is 0 Å². The zero-order valence-corrected chi connectivity index (χ0v) is 8.98. The molecule has 0 N–H and O–H groups in total. The average molecular weight is 201 g/mol. The highest BCUT2D eigenvalue weighted by molar-refractivity contribution is 5.49. The summed E-state index contributed by atoms with van der Waals surface area (Å²) in [6.45, 7) is 4.46. The third kappa shape index (κ3) is 2.27. The minimum Gasteiger partial charge on any atom is -0.371 e. The van der Waals surface area contributed by atoms with Crippen LogP contribution in [0.3, 0.4) is 0 Å². The van der Waals surface area contributed by atoms with Crippen molar-refractivity contribution in [3.8, 4) is 6.07 Å². The SMILES string of the molecule is CC1CCCN(c2ccnc(C#N)c2)C1. The minimum absolute atomic E-state index is 0.505. The Labute approximate surface area is 90.4 Å². The Balaban J connectivity index is 2.18. The largest absolute Gasteiger partial charge is 0.371 e. The molecule has 0 aliphatic carbocycles. The van der Waals surface area contributed by atoms with Crippen molar-refractivity contribution in [1.29, 1.82) is 5.26 Å². The Morgan fingerprint density at radius 2 is 2.47 bits per heavy atom. The molecule has 3 heteroatoms. The van der Waals surface area contributed by atoms with E-state index in [0.717, 1.165) is 24.7 Å². The molecular formula is C12H15N3. The molecule has 15 heavy (non-hydrogen) atoms. The zero-order valence-electron chi connectivity index (χ0n) is 8.98. The maximum Gasteiger partial charge on any atom is 0.142 e. The van der Waals surface area contributed by atoms with Gasteiger partial charge in [0.05, 0.1) is 0 Å². The Morgan fingerprint density at radius 3 is 3.20 bits per heavy atom. The summed E-state index contributed by atoms with van der Waals surface area (Å²) in [6, 6.07) is 5.94. The van der Waals surface area contributed by atoms with Gasteiger partial charge < -0.3 is 4.90 Å². The van der Waals surface area contributed by atoms with E-state index in [1.54, 1.807) is 6.20 Å². The first-order chi connectivity index (χ1) is 7.29. The first-order valence-electron chi connectivity index (χ1n) is 5.40. The molecule has 1 unspecified atom stereocenters. The van der Waals surface area contributed by atoms with Gasteiger partial charge in [0.1, 0.15) is 11.8 Å². The first-order valence-corrected chi connectivity index (χ1v) is 5.40. The van der Waals surface area contributed by atoms with Gasteiger partial charge in [-0.3, -0.25) is 0 Å². The maximum atomic E-state index is 8.78. The molecule has 0 saturated carbocycles. The molecule has 2 rings (SSSR count). The number of nitrogens with zero attached hydrogens (tertiary/aromatic N) is 3. The molecule has 1 atom stereocenters. The fourth-order valence-corrected chi connectivity index (χ4v) is 2.10. The van der Waals surface area contributed by atoms with Crippen LogP contribution in [-0.2, 0) is 0 Å². The van der Waals surface area contributed by atoms with Crippen LogP contribution in [0.15, 0.2) is 18.3 Å². The van der Waals surface area contributed by atoms with Crippen molar-refractivity contribution in [3.63, 3.8) is 0 Å². The van der Waals surface area contributed by atoms with Crippen LogP contribution in [0, 0.1) is 17.2 Å². The van der Waals surface area contributed by atoms with Crippen LogP contribution in [0.5, 0.6) is 0 Å². The molecular weight excluding hydrogens is 186 g/mol. The predicted octanol–water partition coefficient (Wildman–Crippen LogP) is 2.19. The van der Waals surface area contributed by atoms with E-state index < -0.39 is 0 Å². The van der Waals surface area contributed by atoms with Crippen LogP contribution >= 0.6 is 0 Å². The average Bonchev–Trinajstić information content (AvgIpc) is 2.29. The fraction of sp³-hybridized carbons (Fsp3) is 0.500. The molecule has 2 heterocycles. The number of rotatable bonds is 1. The lowest BCUT2D eigenvalue weighted by atomic mass is 10.00. The lowest BCUT2D eigenvalue weighted by molar-refractivity contribution is 0.447. The second-order valence-corrected chi connectivity index (χ2v) is 4.20. The molecule has 1 aromatic rings. The van der Waals surface area contributed by atoms with E-state index in [-0.39, 0.29) is 0 Å². The van der Waals surface area contributed by atoms with Gasteiger partial charge in [0.15, 0.2) is 0 Å².